The standard InChI is InChI=1S/C23H21ClN4OS/c1-29-19-8-6-18(7-9-19)27-10-12-28(13-11-27)22-21-20(14-30-23(21)26-15-25-22)16-2-4-17(24)5-3-16/h2-9,14-15H,10-13H2,1H3. The third kappa shape index (κ3) is 3.57. The molecule has 1 aliphatic rings. The molecule has 5 nitrogen and oxygen atoms in total. The Labute approximate surface area is 184 Å². The number of fused-ring (bicyclic) bond motifs is 1. The summed E-state index contributed by atoms with van der Waals surface area (Å²) in [5, 5.41) is 4.03. The highest BCUT2D eigenvalue weighted by atomic mass is 35.5. The number of hydrogen-bond donors (Lipinski definition) is 0. The quantitative estimate of drug-likeness (QED) is 0.431. The third-order valence-corrected chi connectivity index (χ3v) is 6.66. The number of halogens is 1. The SMILES string of the molecule is COc1ccc(N2CCN(c3ncnc4scc(-c5ccc(Cl)cc5)c34)CC2)cc1. The molecule has 0 saturated carbocycles. The Morgan fingerprint density at radius 1 is 0.900 bits per heavy atom. The molecule has 4 aromatic rings. The predicted octanol–water partition coefficient (Wildman–Crippen LogP) is 5.35. The molecule has 1 saturated heterocycles. The minimum atomic E-state index is 0.740. The number of rotatable bonds is 4. The lowest BCUT2D eigenvalue weighted by molar-refractivity contribution is 0.415. The molecule has 0 atom stereocenters. The fraction of sp³-hybridized carbons (Fsp3) is 0.217. The van der Waals surface area contributed by atoms with Gasteiger partial charge < -0.3 is 14.5 Å². The van der Waals surface area contributed by atoms with Crippen molar-refractivity contribution in [2.45, 2.75) is 0 Å². The van der Waals surface area contributed by atoms with Crippen LogP contribution in [0.5, 0.6) is 5.75 Å². The van der Waals surface area contributed by atoms with Crippen LogP contribution in [0.15, 0.2) is 60.2 Å². The summed E-state index contributed by atoms with van der Waals surface area (Å²) in [4.78, 5) is 15.0. The Hall–Kier alpha value is -2.83. The van der Waals surface area contributed by atoms with Crippen LogP contribution < -0.4 is 14.5 Å². The third-order valence-electron chi connectivity index (χ3n) is 5.52. The van der Waals surface area contributed by atoms with Crippen LogP contribution >= 0.6 is 22.9 Å². The first-order valence-electron chi connectivity index (χ1n) is 9.85. The predicted molar refractivity (Wildman–Crippen MR) is 125 cm³/mol. The van der Waals surface area contributed by atoms with Gasteiger partial charge in [-0.05, 0) is 42.0 Å². The normalized spacial score (nSPS) is 14.3. The second kappa shape index (κ2) is 8.13. The molecule has 3 heterocycles. The van der Waals surface area contributed by atoms with E-state index in [9.17, 15) is 0 Å². The number of anilines is 2. The van der Waals surface area contributed by atoms with Crippen molar-refractivity contribution in [3.63, 3.8) is 0 Å². The Morgan fingerprint density at radius 3 is 2.30 bits per heavy atom. The maximum absolute atomic E-state index is 6.08. The van der Waals surface area contributed by atoms with Gasteiger partial charge in [-0.15, -0.1) is 11.3 Å². The van der Waals surface area contributed by atoms with Gasteiger partial charge in [-0.3, -0.25) is 0 Å². The molecule has 0 bridgehead atoms. The topological polar surface area (TPSA) is 41.5 Å². The van der Waals surface area contributed by atoms with Crippen LogP contribution in [-0.4, -0.2) is 43.3 Å². The molecule has 0 N–H and O–H groups in total. The van der Waals surface area contributed by atoms with Crippen LogP contribution in [0, 0.1) is 0 Å². The lowest BCUT2D eigenvalue weighted by atomic mass is 10.1. The van der Waals surface area contributed by atoms with Gasteiger partial charge in [0.2, 0.25) is 0 Å². The Morgan fingerprint density at radius 2 is 1.60 bits per heavy atom. The van der Waals surface area contributed by atoms with Gasteiger partial charge in [0.15, 0.2) is 0 Å². The van der Waals surface area contributed by atoms with Crippen molar-refractivity contribution in [2.24, 2.45) is 0 Å². The average Bonchev–Trinajstić information content (AvgIpc) is 3.24. The molecule has 0 aliphatic carbocycles. The van der Waals surface area contributed by atoms with Gasteiger partial charge in [0.25, 0.3) is 0 Å². The number of ether oxygens (including phenoxy) is 1. The summed E-state index contributed by atoms with van der Waals surface area (Å²) in [5.74, 6) is 1.90. The van der Waals surface area contributed by atoms with Crippen LogP contribution in [0.4, 0.5) is 11.5 Å². The first-order chi connectivity index (χ1) is 14.7. The summed E-state index contributed by atoms with van der Waals surface area (Å²) in [6.07, 6.45) is 1.68. The van der Waals surface area contributed by atoms with E-state index in [4.69, 9.17) is 16.3 Å². The van der Waals surface area contributed by atoms with E-state index in [1.807, 2.05) is 24.3 Å². The van der Waals surface area contributed by atoms with Crippen LogP contribution in [0.2, 0.25) is 5.02 Å². The molecule has 5 rings (SSSR count). The van der Waals surface area contributed by atoms with Crippen molar-refractivity contribution < 1.29 is 4.74 Å². The molecule has 0 radical (unpaired) electrons. The zero-order chi connectivity index (χ0) is 20.5. The van der Waals surface area contributed by atoms with E-state index in [0.717, 1.165) is 58.5 Å². The monoisotopic (exact) mass is 436 g/mol. The van der Waals surface area contributed by atoms with Crippen molar-refractivity contribution in [3.05, 3.63) is 65.3 Å². The maximum Gasteiger partial charge on any atom is 0.141 e. The average molecular weight is 437 g/mol. The summed E-state index contributed by atoms with van der Waals surface area (Å²) in [6, 6.07) is 16.2. The Bertz CT molecular complexity index is 1150. The van der Waals surface area contributed by atoms with Gasteiger partial charge in [0, 0.05) is 47.8 Å². The van der Waals surface area contributed by atoms with Gasteiger partial charge in [0.1, 0.15) is 22.7 Å². The van der Waals surface area contributed by atoms with Gasteiger partial charge in [-0.25, -0.2) is 9.97 Å². The second-order valence-corrected chi connectivity index (χ2v) is 8.50. The first-order valence-corrected chi connectivity index (χ1v) is 11.1. The molecule has 2 aromatic carbocycles. The Balaban J connectivity index is 1.41. The summed E-state index contributed by atoms with van der Waals surface area (Å²) in [5.41, 5.74) is 3.53. The molecule has 7 heteroatoms. The summed E-state index contributed by atoms with van der Waals surface area (Å²) in [6.45, 7) is 3.71. The van der Waals surface area contributed by atoms with E-state index >= 15 is 0 Å². The van der Waals surface area contributed by atoms with Gasteiger partial charge in [0.05, 0.1) is 12.5 Å². The summed E-state index contributed by atoms with van der Waals surface area (Å²) >= 11 is 7.74. The molecule has 152 valence electrons. The van der Waals surface area contributed by atoms with Crippen molar-refractivity contribution in [1.29, 1.82) is 0 Å². The first kappa shape index (κ1) is 19.2. The molecule has 2 aromatic heterocycles. The lowest BCUT2D eigenvalue weighted by Gasteiger charge is -2.37. The fourth-order valence-corrected chi connectivity index (χ4v) is 4.95. The summed E-state index contributed by atoms with van der Waals surface area (Å²) in [7, 11) is 1.69. The zero-order valence-electron chi connectivity index (χ0n) is 16.6. The molecule has 1 fully saturated rings. The number of benzene rings is 2. The molecule has 0 amide bonds. The van der Waals surface area contributed by atoms with E-state index in [-0.39, 0.29) is 0 Å². The highest BCUT2D eigenvalue weighted by molar-refractivity contribution is 7.17. The molecule has 0 spiro atoms. The molecule has 0 unspecified atom stereocenters. The van der Waals surface area contributed by atoms with Crippen LogP contribution in [0.25, 0.3) is 21.3 Å². The van der Waals surface area contributed by atoms with E-state index in [0.29, 0.717) is 0 Å². The highest BCUT2D eigenvalue weighted by Gasteiger charge is 2.22. The number of aromatic nitrogens is 2. The number of hydrogen-bond acceptors (Lipinski definition) is 6. The molecule has 30 heavy (non-hydrogen) atoms. The molecule has 1 aliphatic heterocycles. The largest absolute Gasteiger partial charge is 0.497 e. The van der Waals surface area contributed by atoms with E-state index in [1.54, 1.807) is 24.8 Å². The number of thiophene rings is 1. The minimum absolute atomic E-state index is 0.740. The highest BCUT2D eigenvalue weighted by Crippen LogP contribution is 2.38. The van der Waals surface area contributed by atoms with E-state index in [1.165, 1.54) is 11.3 Å². The maximum atomic E-state index is 6.08. The number of piperazine rings is 1. The van der Waals surface area contributed by atoms with Gasteiger partial charge >= 0.3 is 0 Å². The van der Waals surface area contributed by atoms with Gasteiger partial charge in [-0.2, -0.15) is 0 Å². The lowest BCUT2D eigenvalue weighted by Crippen LogP contribution is -2.46. The van der Waals surface area contributed by atoms with Crippen molar-refractivity contribution >= 4 is 44.7 Å². The number of nitrogens with zero attached hydrogens (tertiary/aromatic N) is 4. The van der Waals surface area contributed by atoms with Crippen molar-refractivity contribution in [1.82, 2.24) is 9.97 Å². The van der Waals surface area contributed by atoms with Crippen LogP contribution in [0.1, 0.15) is 0 Å². The van der Waals surface area contributed by atoms with E-state index in [2.05, 4.69) is 49.4 Å². The van der Waals surface area contributed by atoms with Crippen LogP contribution in [0.3, 0.4) is 0 Å². The second-order valence-electron chi connectivity index (χ2n) is 7.21. The number of methoxy groups -OCH3 is 1. The minimum Gasteiger partial charge on any atom is -0.497 e. The van der Waals surface area contributed by atoms with E-state index < -0.39 is 0 Å². The smallest absolute Gasteiger partial charge is 0.141 e. The fourth-order valence-electron chi connectivity index (χ4n) is 3.91. The Kier molecular flexibility index (Phi) is 5.19. The van der Waals surface area contributed by atoms with Crippen LogP contribution in [-0.2, 0) is 0 Å². The van der Waals surface area contributed by atoms with Crippen molar-refractivity contribution in [3.8, 4) is 16.9 Å². The molecular formula is C23H21ClN4OS. The molecular weight excluding hydrogens is 416 g/mol. The zero-order valence-corrected chi connectivity index (χ0v) is 18.2. The van der Waals surface area contributed by atoms with Gasteiger partial charge in [-0.1, -0.05) is 23.7 Å². The summed E-state index contributed by atoms with van der Waals surface area (Å²) < 4.78 is 5.27. The van der Waals surface area contributed by atoms with Crippen molar-refractivity contribution in [2.75, 3.05) is 43.1 Å².